The van der Waals surface area contributed by atoms with Crippen LogP contribution in [0.4, 0.5) is 0 Å². The van der Waals surface area contributed by atoms with E-state index in [2.05, 4.69) is 43.2 Å². The van der Waals surface area contributed by atoms with Crippen LogP contribution < -0.4 is 0 Å². The van der Waals surface area contributed by atoms with Crippen molar-refractivity contribution in [1.82, 2.24) is 4.90 Å². The fourth-order valence-electron chi connectivity index (χ4n) is 3.08. The largest absolute Gasteiger partial charge is 0.303 e. The highest BCUT2D eigenvalue weighted by Gasteiger charge is 2.36. The minimum Gasteiger partial charge on any atom is -0.303 e. The zero-order chi connectivity index (χ0) is 14.6. The van der Waals surface area contributed by atoms with Crippen LogP contribution in [0.5, 0.6) is 0 Å². The fraction of sp³-hybridized carbons (Fsp3) is 0.706. The second kappa shape index (κ2) is 6.86. The van der Waals surface area contributed by atoms with Crippen LogP contribution >= 0.6 is 11.3 Å². The van der Waals surface area contributed by atoms with Crippen molar-refractivity contribution in [2.24, 2.45) is 11.3 Å². The van der Waals surface area contributed by atoms with Gasteiger partial charge in [0.1, 0.15) is 6.29 Å². The Labute approximate surface area is 127 Å². The predicted octanol–water partition coefficient (Wildman–Crippen LogP) is 4.35. The van der Waals surface area contributed by atoms with E-state index in [1.807, 2.05) is 11.3 Å². The van der Waals surface area contributed by atoms with Gasteiger partial charge in [-0.25, -0.2) is 0 Å². The second-order valence-corrected chi connectivity index (χ2v) is 7.77. The van der Waals surface area contributed by atoms with Crippen molar-refractivity contribution < 1.29 is 4.79 Å². The molecule has 1 aliphatic carbocycles. The molecule has 0 aromatic carbocycles. The van der Waals surface area contributed by atoms with Crippen molar-refractivity contribution in [2.45, 2.75) is 59.0 Å². The third-order valence-corrected chi connectivity index (χ3v) is 5.57. The first kappa shape index (κ1) is 15.7. The van der Waals surface area contributed by atoms with Gasteiger partial charge in [-0.1, -0.05) is 13.0 Å². The van der Waals surface area contributed by atoms with Gasteiger partial charge < -0.3 is 4.79 Å². The van der Waals surface area contributed by atoms with Crippen LogP contribution in [0.25, 0.3) is 0 Å². The lowest BCUT2D eigenvalue weighted by molar-refractivity contribution is -0.120. The third kappa shape index (κ3) is 3.92. The smallest absolute Gasteiger partial charge is 0.127 e. The highest BCUT2D eigenvalue weighted by atomic mass is 32.1. The molecule has 0 N–H and O–H groups in total. The number of carbonyl (C=O) groups is 1. The van der Waals surface area contributed by atoms with Crippen molar-refractivity contribution >= 4 is 17.6 Å². The summed E-state index contributed by atoms with van der Waals surface area (Å²) < 4.78 is 0. The van der Waals surface area contributed by atoms with E-state index in [0.29, 0.717) is 6.04 Å². The molecule has 1 heterocycles. The van der Waals surface area contributed by atoms with E-state index in [1.54, 1.807) is 0 Å². The lowest BCUT2D eigenvalue weighted by atomic mass is 9.71. The zero-order valence-electron chi connectivity index (χ0n) is 13.0. The first-order valence-corrected chi connectivity index (χ1v) is 8.65. The van der Waals surface area contributed by atoms with Crippen LogP contribution in [0, 0.1) is 11.3 Å². The maximum atomic E-state index is 11.7. The van der Waals surface area contributed by atoms with Crippen molar-refractivity contribution in [3.63, 3.8) is 0 Å². The molecule has 0 radical (unpaired) electrons. The summed E-state index contributed by atoms with van der Waals surface area (Å²) in [6.45, 7) is 8.66. The maximum Gasteiger partial charge on any atom is 0.127 e. The molecule has 1 aromatic heterocycles. The molecule has 2 rings (SSSR count). The quantitative estimate of drug-likeness (QED) is 0.727. The normalized spacial score (nSPS) is 27.1. The summed E-state index contributed by atoms with van der Waals surface area (Å²) in [5, 5.41) is 2.13. The molecule has 1 aliphatic rings. The van der Waals surface area contributed by atoms with Crippen LogP contribution in [-0.4, -0.2) is 23.8 Å². The SMILES string of the molecule is CC1CCC(C=O)(CN(Cc2cccs2)C(C)C)CC1. The fourth-order valence-corrected chi connectivity index (χ4v) is 3.81. The molecule has 0 amide bonds. The average molecular weight is 293 g/mol. The molecule has 0 atom stereocenters. The molecule has 0 saturated heterocycles. The van der Waals surface area contributed by atoms with E-state index in [0.717, 1.165) is 31.8 Å². The van der Waals surface area contributed by atoms with Crippen molar-refractivity contribution in [3.8, 4) is 0 Å². The number of hydrogen-bond donors (Lipinski definition) is 0. The summed E-state index contributed by atoms with van der Waals surface area (Å²) in [6.07, 6.45) is 5.77. The Kier molecular flexibility index (Phi) is 5.39. The summed E-state index contributed by atoms with van der Waals surface area (Å²) in [5.74, 6) is 0.785. The van der Waals surface area contributed by atoms with E-state index >= 15 is 0 Å². The Bertz CT molecular complexity index is 405. The molecule has 0 aliphatic heterocycles. The lowest BCUT2D eigenvalue weighted by Crippen LogP contribution is -2.43. The topological polar surface area (TPSA) is 20.3 Å². The van der Waals surface area contributed by atoms with E-state index in [9.17, 15) is 4.79 Å². The van der Waals surface area contributed by atoms with Gasteiger partial charge in [-0.05, 0) is 56.9 Å². The number of thiophene rings is 1. The standard InChI is InChI=1S/C17H27NOS/c1-14(2)18(11-16-5-4-10-20-16)12-17(13-19)8-6-15(3)7-9-17/h4-5,10,13-15H,6-9,11-12H2,1-3H3. The van der Waals surface area contributed by atoms with Gasteiger partial charge in [-0.3, -0.25) is 4.90 Å². The minimum absolute atomic E-state index is 0.103. The summed E-state index contributed by atoms with van der Waals surface area (Å²) in [4.78, 5) is 15.6. The van der Waals surface area contributed by atoms with Gasteiger partial charge in [-0.2, -0.15) is 0 Å². The van der Waals surface area contributed by atoms with Crippen molar-refractivity contribution in [1.29, 1.82) is 0 Å². The maximum absolute atomic E-state index is 11.7. The molecule has 1 saturated carbocycles. The van der Waals surface area contributed by atoms with Crippen molar-refractivity contribution in [2.75, 3.05) is 6.54 Å². The highest BCUT2D eigenvalue weighted by molar-refractivity contribution is 7.09. The van der Waals surface area contributed by atoms with E-state index in [-0.39, 0.29) is 5.41 Å². The molecule has 1 aromatic rings. The molecule has 20 heavy (non-hydrogen) atoms. The van der Waals surface area contributed by atoms with Crippen molar-refractivity contribution in [3.05, 3.63) is 22.4 Å². The third-order valence-electron chi connectivity index (χ3n) is 4.71. The van der Waals surface area contributed by atoms with E-state index < -0.39 is 0 Å². The molecule has 1 fully saturated rings. The van der Waals surface area contributed by atoms with Crippen LogP contribution in [0.15, 0.2) is 17.5 Å². The lowest BCUT2D eigenvalue weighted by Gasteiger charge is -2.40. The molecular weight excluding hydrogens is 266 g/mol. The van der Waals surface area contributed by atoms with E-state index in [4.69, 9.17) is 0 Å². The molecule has 0 unspecified atom stereocenters. The Morgan fingerprint density at radius 2 is 2.15 bits per heavy atom. The second-order valence-electron chi connectivity index (χ2n) is 6.74. The molecule has 3 heteroatoms. The molecular formula is C17H27NOS. The first-order valence-electron chi connectivity index (χ1n) is 7.77. The Balaban J connectivity index is 2.04. The zero-order valence-corrected chi connectivity index (χ0v) is 13.8. The Hall–Kier alpha value is -0.670. The number of carbonyl (C=O) groups excluding carboxylic acids is 1. The monoisotopic (exact) mass is 293 g/mol. The summed E-state index contributed by atoms with van der Waals surface area (Å²) in [6, 6.07) is 4.78. The number of aldehydes is 1. The predicted molar refractivity (Wildman–Crippen MR) is 86.0 cm³/mol. The summed E-state index contributed by atoms with van der Waals surface area (Å²) in [7, 11) is 0. The van der Waals surface area contributed by atoms with Gasteiger partial charge in [0, 0.05) is 29.4 Å². The van der Waals surface area contributed by atoms with Gasteiger partial charge in [0.15, 0.2) is 0 Å². The van der Waals surface area contributed by atoms with Crippen LogP contribution in [0.2, 0.25) is 0 Å². The summed E-state index contributed by atoms with van der Waals surface area (Å²) in [5.41, 5.74) is -0.103. The Morgan fingerprint density at radius 1 is 1.45 bits per heavy atom. The number of nitrogens with zero attached hydrogens (tertiary/aromatic N) is 1. The van der Waals surface area contributed by atoms with E-state index in [1.165, 1.54) is 24.0 Å². The van der Waals surface area contributed by atoms with Gasteiger partial charge in [0.05, 0.1) is 0 Å². The van der Waals surface area contributed by atoms with Crippen LogP contribution in [0.1, 0.15) is 51.3 Å². The molecule has 2 nitrogen and oxygen atoms in total. The highest BCUT2D eigenvalue weighted by Crippen LogP contribution is 2.38. The van der Waals surface area contributed by atoms with Gasteiger partial charge in [0.25, 0.3) is 0 Å². The van der Waals surface area contributed by atoms with Crippen LogP contribution in [-0.2, 0) is 11.3 Å². The average Bonchev–Trinajstić information content (AvgIpc) is 2.94. The molecule has 0 spiro atoms. The number of hydrogen-bond acceptors (Lipinski definition) is 3. The first-order chi connectivity index (χ1) is 9.54. The molecule has 0 bridgehead atoms. The van der Waals surface area contributed by atoms with Gasteiger partial charge >= 0.3 is 0 Å². The van der Waals surface area contributed by atoms with Gasteiger partial charge in [0.2, 0.25) is 0 Å². The Morgan fingerprint density at radius 3 is 2.65 bits per heavy atom. The number of rotatable bonds is 6. The summed E-state index contributed by atoms with van der Waals surface area (Å²) >= 11 is 1.81. The van der Waals surface area contributed by atoms with Crippen LogP contribution in [0.3, 0.4) is 0 Å². The molecule has 112 valence electrons. The minimum atomic E-state index is -0.103. The van der Waals surface area contributed by atoms with Gasteiger partial charge in [-0.15, -0.1) is 11.3 Å².